The van der Waals surface area contributed by atoms with Crippen molar-refractivity contribution in [3.05, 3.63) is 29.8 Å². The maximum absolute atomic E-state index is 11.9. The van der Waals surface area contributed by atoms with Gasteiger partial charge in [-0.15, -0.1) is 11.8 Å². The van der Waals surface area contributed by atoms with Gasteiger partial charge in [-0.05, 0) is 43.2 Å². The van der Waals surface area contributed by atoms with E-state index in [2.05, 4.69) is 30.5 Å². The fraction of sp³-hybridized carbons (Fsp3) is 0.533. The smallest absolute Gasteiger partial charge is 0.136 e. The van der Waals surface area contributed by atoms with Crippen LogP contribution in [-0.2, 0) is 11.2 Å². The van der Waals surface area contributed by atoms with Crippen molar-refractivity contribution in [3.63, 3.8) is 0 Å². The molecule has 1 aromatic carbocycles. The quantitative estimate of drug-likeness (QED) is 0.730. The molecule has 0 amide bonds. The Morgan fingerprint density at radius 2 is 1.88 bits per heavy atom. The van der Waals surface area contributed by atoms with Crippen LogP contribution in [0.5, 0.6) is 0 Å². The van der Waals surface area contributed by atoms with Crippen LogP contribution in [0.25, 0.3) is 0 Å². The second kappa shape index (κ2) is 6.25. The molecule has 1 aliphatic carbocycles. The van der Waals surface area contributed by atoms with Gasteiger partial charge in [0.25, 0.3) is 0 Å². The molecule has 0 radical (unpaired) electrons. The SMILES string of the molecule is CSc1ccc(CCC(=O)C2CCCC2)cc1. The largest absolute Gasteiger partial charge is 0.299 e. The van der Waals surface area contributed by atoms with Crippen molar-refractivity contribution in [3.8, 4) is 0 Å². The van der Waals surface area contributed by atoms with Gasteiger partial charge in [-0.3, -0.25) is 4.79 Å². The number of carbonyl (C=O) groups is 1. The minimum absolute atomic E-state index is 0.375. The molecular formula is C15H20OS. The minimum atomic E-state index is 0.375. The zero-order chi connectivity index (χ0) is 12.1. The van der Waals surface area contributed by atoms with Gasteiger partial charge in [0.1, 0.15) is 5.78 Å². The van der Waals surface area contributed by atoms with Gasteiger partial charge in [-0.2, -0.15) is 0 Å². The van der Waals surface area contributed by atoms with Gasteiger partial charge in [0.05, 0.1) is 0 Å². The van der Waals surface area contributed by atoms with Crippen molar-refractivity contribution >= 4 is 17.5 Å². The number of carbonyl (C=O) groups excluding carboxylic acids is 1. The summed E-state index contributed by atoms with van der Waals surface area (Å²) in [5, 5.41) is 0. The molecule has 0 spiro atoms. The maximum Gasteiger partial charge on any atom is 0.136 e. The average Bonchev–Trinajstić information content (AvgIpc) is 2.90. The van der Waals surface area contributed by atoms with Crippen LogP contribution in [0.2, 0.25) is 0 Å². The lowest BCUT2D eigenvalue weighted by atomic mass is 9.97. The zero-order valence-electron chi connectivity index (χ0n) is 10.4. The molecule has 2 rings (SSSR count). The van der Waals surface area contributed by atoms with Gasteiger partial charge in [-0.25, -0.2) is 0 Å². The molecule has 0 N–H and O–H groups in total. The highest BCUT2D eigenvalue weighted by Crippen LogP contribution is 2.27. The number of Topliss-reactive ketones (excluding diaryl/α,β-unsaturated/α-hetero) is 1. The van der Waals surface area contributed by atoms with Crippen LogP contribution in [-0.4, -0.2) is 12.0 Å². The van der Waals surface area contributed by atoms with E-state index < -0.39 is 0 Å². The van der Waals surface area contributed by atoms with Crippen LogP contribution in [0.3, 0.4) is 0 Å². The standard InChI is InChI=1S/C15H20OS/c1-17-14-9-6-12(7-10-14)8-11-15(16)13-4-2-3-5-13/h6-7,9-10,13H,2-5,8,11H2,1H3. The summed E-state index contributed by atoms with van der Waals surface area (Å²) in [7, 11) is 0. The first kappa shape index (κ1) is 12.7. The second-order valence-corrected chi connectivity index (χ2v) is 5.68. The van der Waals surface area contributed by atoms with Gasteiger partial charge in [-0.1, -0.05) is 25.0 Å². The number of rotatable bonds is 5. The van der Waals surface area contributed by atoms with E-state index in [4.69, 9.17) is 0 Å². The normalized spacial score (nSPS) is 16.3. The molecule has 0 aliphatic heterocycles. The Morgan fingerprint density at radius 3 is 2.47 bits per heavy atom. The molecule has 0 unspecified atom stereocenters. The Balaban J connectivity index is 1.82. The molecule has 17 heavy (non-hydrogen) atoms. The molecule has 0 bridgehead atoms. The van der Waals surface area contributed by atoms with Gasteiger partial charge in [0.15, 0.2) is 0 Å². The van der Waals surface area contributed by atoms with E-state index in [0.29, 0.717) is 11.7 Å². The second-order valence-electron chi connectivity index (χ2n) is 4.80. The third-order valence-electron chi connectivity index (χ3n) is 3.63. The Kier molecular flexibility index (Phi) is 4.66. The van der Waals surface area contributed by atoms with Gasteiger partial charge < -0.3 is 0 Å². The fourth-order valence-corrected chi connectivity index (χ4v) is 2.92. The van der Waals surface area contributed by atoms with Gasteiger partial charge >= 0.3 is 0 Å². The first-order valence-corrected chi connectivity index (χ1v) is 7.67. The molecule has 1 aliphatic rings. The predicted molar refractivity (Wildman–Crippen MR) is 73.5 cm³/mol. The van der Waals surface area contributed by atoms with Crippen molar-refractivity contribution in [2.24, 2.45) is 5.92 Å². The summed E-state index contributed by atoms with van der Waals surface area (Å²) in [6, 6.07) is 8.57. The fourth-order valence-electron chi connectivity index (χ4n) is 2.51. The first-order chi connectivity index (χ1) is 8.29. The van der Waals surface area contributed by atoms with Crippen molar-refractivity contribution < 1.29 is 4.79 Å². The van der Waals surface area contributed by atoms with Crippen molar-refractivity contribution in [2.75, 3.05) is 6.26 Å². The van der Waals surface area contributed by atoms with E-state index in [1.54, 1.807) is 11.8 Å². The number of ketones is 1. The maximum atomic E-state index is 11.9. The Hall–Kier alpha value is -0.760. The molecule has 0 aromatic heterocycles. The Morgan fingerprint density at radius 1 is 1.24 bits per heavy atom. The van der Waals surface area contributed by atoms with E-state index in [0.717, 1.165) is 25.7 Å². The number of benzene rings is 1. The van der Waals surface area contributed by atoms with Gasteiger partial charge in [0.2, 0.25) is 0 Å². The third kappa shape index (κ3) is 3.60. The molecule has 92 valence electrons. The van der Waals surface area contributed by atoms with Crippen LogP contribution in [0, 0.1) is 5.92 Å². The van der Waals surface area contributed by atoms with Crippen LogP contribution in [0.4, 0.5) is 0 Å². The van der Waals surface area contributed by atoms with E-state index in [1.807, 2.05) is 0 Å². The summed E-state index contributed by atoms with van der Waals surface area (Å²) >= 11 is 1.76. The lowest BCUT2D eigenvalue weighted by Crippen LogP contribution is -2.11. The van der Waals surface area contributed by atoms with Crippen LogP contribution < -0.4 is 0 Å². The average molecular weight is 248 g/mol. The Labute approximate surface area is 108 Å². The molecule has 0 heterocycles. The lowest BCUT2D eigenvalue weighted by molar-refractivity contribution is -0.122. The summed E-state index contributed by atoms with van der Waals surface area (Å²) in [5.74, 6) is 0.858. The lowest BCUT2D eigenvalue weighted by Gasteiger charge is -2.07. The molecular weight excluding hydrogens is 228 g/mol. The zero-order valence-corrected chi connectivity index (χ0v) is 11.3. The summed E-state index contributed by atoms with van der Waals surface area (Å²) < 4.78 is 0. The molecule has 1 aromatic rings. The first-order valence-electron chi connectivity index (χ1n) is 6.45. The predicted octanol–water partition coefficient (Wildman–Crippen LogP) is 4.10. The van der Waals surface area contributed by atoms with E-state index in [-0.39, 0.29) is 0 Å². The third-order valence-corrected chi connectivity index (χ3v) is 4.37. The highest BCUT2D eigenvalue weighted by Gasteiger charge is 2.21. The Bertz CT molecular complexity index is 363. The highest BCUT2D eigenvalue weighted by atomic mass is 32.2. The van der Waals surface area contributed by atoms with Crippen LogP contribution in [0.15, 0.2) is 29.2 Å². The molecule has 1 fully saturated rings. The number of hydrogen-bond donors (Lipinski definition) is 0. The van der Waals surface area contributed by atoms with Crippen molar-refractivity contribution in [2.45, 2.75) is 43.4 Å². The van der Waals surface area contributed by atoms with E-state index in [1.165, 1.54) is 23.3 Å². The van der Waals surface area contributed by atoms with Crippen LogP contribution in [0.1, 0.15) is 37.7 Å². The summed E-state index contributed by atoms with van der Waals surface area (Å²) in [4.78, 5) is 13.2. The summed E-state index contributed by atoms with van der Waals surface area (Å²) in [6.07, 6.45) is 8.47. The van der Waals surface area contributed by atoms with Crippen molar-refractivity contribution in [1.29, 1.82) is 0 Å². The number of thioether (sulfide) groups is 1. The van der Waals surface area contributed by atoms with Gasteiger partial charge in [0, 0.05) is 17.2 Å². The van der Waals surface area contributed by atoms with E-state index in [9.17, 15) is 4.79 Å². The number of hydrogen-bond acceptors (Lipinski definition) is 2. The molecule has 2 heteroatoms. The molecule has 0 atom stereocenters. The minimum Gasteiger partial charge on any atom is -0.299 e. The van der Waals surface area contributed by atoms with Crippen LogP contribution >= 0.6 is 11.8 Å². The number of aryl methyl sites for hydroxylation is 1. The summed E-state index contributed by atoms with van der Waals surface area (Å²) in [5.41, 5.74) is 1.29. The summed E-state index contributed by atoms with van der Waals surface area (Å²) in [6.45, 7) is 0. The molecule has 1 saturated carbocycles. The van der Waals surface area contributed by atoms with Crippen molar-refractivity contribution in [1.82, 2.24) is 0 Å². The van der Waals surface area contributed by atoms with E-state index >= 15 is 0 Å². The molecule has 0 saturated heterocycles. The highest BCUT2D eigenvalue weighted by molar-refractivity contribution is 7.98. The topological polar surface area (TPSA) is 17.1 Å². The molecule has 1 nitrogen and oxygen atoms in total. The monoisotopic (exact) mass is 248 g/mol.